The molecule has 3 nitrogen and oxygen atoms in total. The fourth-order valence-electron chi connectivity index (χ4n) is 1.32. The van der Waals surface area contributed by atoms with E-state index in [1.54, 1.807) is 7.05 Å². The Hall–Kier alpha value is -1.24. The van der Waals surface area contributed by atoms with E-state index in [-0.39, 0.29) is 16.9 Å². The van der Waals surface area contributed by atoms with E-state index in [9.17, 15) is 18.0 Å². The second kappa shape index (κ2) is 6.27. The predicted octanol–water partition coefficient (Wildman–Crippen LogP) is 3.36. The van der Waals surface area contributed by atoms with Crippen molar-refractivity contribution in [1.82, 2.24) is 4.90 Å². The predicted molar refractivity (Wildman–Crippen MR) is 70.9 cm³/mol. The summed E-state index contributed by atoms with van der Waals surface area (Å²) in [5, 5.41) is 2.80. The van der Waals surface area contributed by atoms with Crippen LogP contribution >= 0.6 is 15.9 Å². The summed E-state index contributed by atoms with van der Waals surface area (Å²) in [7, 11) is 1.66. The summed E-state index contributed by atoms with van der Waals surface area (Å²) in [4.78, 5) is 13.1. The summed E-state index contributed by atoms with van der Waals surface area (Å²) in [6.45, 7) is 2.45. The monoisotopic (exact) mass is 338 g/mol. The topological polar surface area (TPSA) is 32.3 Å². The highest BCUT2D eigenvalue weighted by Gasteiger charge is 2.30. The third-order valence-corrected chi connectivity index (χ3v) is 3.28. The van der Waals surface area contributed by atoms with Crippen molar-refractivity contribution >= 4 is 27.5 Å². The average molecular weight is 339 g/mol. The van der Waals surface area contributed by atoms with Gasteiger partial charge in [0.05, 0.1) is 12.1 Å². The van der Waals surface area contributed by atoms with Crippen molar-refractivity contribution in [2.24, 2.45) is 0 Å². The van der Waals surface area contributed by atoms with Crippen molar-refractivity contribution in [3.63, 3.8) is 0 Å². The number of benzene rings is 1. The third-order valence-electron chi connectivity index (χ3n) is 2.63. The number of hydrogen-bond donors (Lipinski definition) is 1. The summed E-state index contributed by atoms with van der Waals surface area (Å²) in [6.07, 6.45) is -4.38. The first-order valence-corrected chi connectivity index (χ1v) is 6.39. The molecule has 0 spiro atoms. The molecule has 106 valence electrons. The summed E-state index contributed by atoms with van der Waals surface area (Å²) < 4.78 is 37.7. The van der Waals surface area contributed by atoms with Crippen LogP contribution in [-0.4, -0.2) is 30.9 Å². The Balaban J connectivity index is 2.74. The van der Waals surface area contributed by atoms with Crippen molar-refractivity contribution in [2.75, 3.05) is 25.5 Å². The van der Waals surface area contributed by atoms with Gasteiger partial charge in [-0.3, -0.25) is 4.79 Å². The van der Waals surface area contributed by atoms with Crippen LogP contribution < -0.4 is 5.32 Å². The number of carbonyl (C=O) groups is 1. The lowest BCUT2D eigenvalue weighted by atomic mass is 10.2. The van der Waals surface area contributed by atoms with E-state index in [0.29, 0.717) is 12.2 Å². The second-order valence-corrected chi connectivity index (χ2v) is 4.81. The summed E-state index contributed by atoms with van der Waals surface area (Å²) >= 11 is 3.06. The van der Waals surface area contributed by atoms with Gasteiger partial charge in [0.25, 0.3) is 0 Å². The molecule has 0 bridgehead atoms. The number of anilines is 1. The largest absolute Gasteiger partial charge is 0.416 e. The normalized spacial score (nSPS) is 11.3. The molecule has 7 heteroatoms. The number of hydrogen-bond acceptors (Lipinski definition) is 2. The lowest BCUT2D eigenvalue weighted by Crippen LogP contribution is -2.31. The first kappa shape index (κ1) is 15.8. The van der Waals surface area contributed by atoms with E-state index < -0.39 is 11.7 Å². The number of halogens is 4. The number of nitrogens with one attached hydrogen (secondary N) is 1. The highest BCUT2D eigenvalue weighted by atomic mass is 79.9. The minimum atomic E-state index is -4.38. The van der Waals surface area contributed by atoms with E-state index in [1.807, 2.05) is 6.92 Å². The Kier molecular flexibility index (Phi) is 5.22. The smallest absolute Gasteiger partial charge is 0.375 e. The van der Waals surface area contributed by atoms with E-state index in [4.69, 9.17) is 0 Å². The molecule has 0 saturated heterocycles. The molecule has 0 atom stereocenters. The molecule has 0 aromatic heterocycles. The first-order valence-electron chi connectivity index (χ1n) is 5.60. The highest BCUT2D eigenvalue weighted by molar-refractivity contribution is 9.10. The van der Waals surface area contributed by atoms with Gasteiger partial charge in [-0.1, -0.05) is 0 Å². The van der Waals surface area contributed by atoms with Gasteiger partial charge >= 0.3 is 6.18 Å². The SMILES string of the molecule is CCN(C)C(=O)CNc1ccc(C(F)(F)F)cc1Br. The standard InChI is InChI=1S/C12H14BrF3N2O/c1-3-18(2)11(19)7-17-10-5-4-8(6-9(10)13)12(14,15)16/h4-6,17H,3,7H2,1-2H3. The van der Waals surface area contributed by atoms with Gasteiger partial charge in [-0.2, -0.15) is 13.2 Å². The maximum Gasteiger partial charge on any atom is 0.416 e. The van der Waals surface area contributed by atoms with Gasteiger partial charge in [-0.05, 0) is 41.1 Å². The van der Waals surface area contributed by atoms with Crippen LogP contribution in [0.3, 0.4) is 0 Å². The first-order chi connectivity index (χ1) is 8.75. The fourth-order valence-corrected chi connectivity index (χ4v) is 1.84. The van der Waals surface area contributed by atoms with E-state index in [0.717, 1.165) is 12.1 Å². The molecule has 1 rings (SSSR count). The molecule has 0 aliphatic carbocycles. The zero-order valence-electron chi connectivity index (χ0n) is 10.5. The maximum atomic E-state index is 12.5. The van der Waals surface area contributed by atoms with Crippen molar-refractivity contribution in [1.29, 1.82) is 0 Å². The van der Waals surface area contributed by atoms with Crippen LogP contribution in [0.1, 0.15) is 12.5 Å². The van der Waals surface area contributed by atoms with Gasteiger partial charge in [0.1, 0.15) is 0 Å². The maximum absolute atomic E-state index is 12.5. The number of nitrogens with zero attached hydrogens (tertiary/aromatic N) is 1. The van der Waals surface area contributed by atoms with E-state index >= 15 is 0 Å². The summed E-state index contributed by atoms with van der Waals surface area (Å²) in [5.41, 5.74) is -0.284. The molecule has 0 heterocycles. The molecule has 1 amide bonds. The van der Waals surface area contributed by atoms with Gasteiger partial charge in [-0.25, -0.2) is 0 Å². The van der Waals surface area contributed by atoms with E-state index in [1.165, 1.54) is 11.0 Å². The number of carbonyl (C=O) groups excluding carboxylic acids is 1. The van der Waals surface area contributed by atoms with Crippen molar-refractivity contribution in [2.45, 2.75) is 13.1 Å². The molecule has 1 N–H and O–H groups in total. The van der Waals surface area contributed by atoms with Gasteiger partial charge in [0.2, 0.25) is 5.91 Å². The number of amides is 1. The fraction of sp³-hybridized carbons (Fsp3) is 0.417. The lowest BCUT2D eigenvalue weighted by molar-refractivity contribution is -0.137. The van der Waals surface area contributed by atoms with E-state index in [2.05, 4.69) is 21.2 Å². The quantitative estimate of drug-likeness (QED) is 0.912. The zero-order valence-corrected chi connectivity index (χ0v) is 12.1. The zero-order chi connectivity index (χ0) is 14.6. The van der Waals surface area contributed by atoms with Crippen molar-refractivity contribution in [3.05, 3.63) is 28.2 Å². The molecule has 1 aromatic carbocycles. The molecule has 0 aliphatic heterocycles. The van der Waals surface area contributed by atoms with Crippen LogP contribution in [0.5, 0.6) is 0 Å². The van der Waals surface area contributed by atoms with Crippen LogP contribution in [0.25, 0.3) is 0 Å². The third kappa shape index (κ3) is 4.41. The summed E-state index contributed by atoms with van der Waals surface area (Å²) in [5.74, 6) is -0.130. The van der Waals surface area contributed by atoms with Crippen LogP contribution in [0.4, 0.5) is 18.9 Å². The van der Waals surface area contributed by atoms with Gasteiger partial charge < -0.3 is 10.2 Å². The molecule has 0 saturated carbocycles. The highest BCUT2D eigenvalue weighted by Crippen LogP contribution is 2.33. The average Bonchev–Trinajstić information content (AvgIpc) is 2.34. The molecule has 1 aromatic rings. The number of likely N-dealkylation sites (N-methyl/N-ethyl adjacent to an activating group) is 1. The Morgan fingerprint density at radius 1 is 1.42 bits per heavy atom. The summed E-state index contributed by atoms with van der Waals surface area (Å²) in [6, 6.07) is 3.25. The molecule has 0 fully saturated rings. The van der Waals surface area contributed by atoms with Gasteiger partial charge in [0, 0.05) is 23.8 Å². The molecular weight excluding hydrogens is 325 g/mol. The number of alkyl halides is 3. The minimum Gasteiger partial charge on any atom is -0.375 e. The molecule has 0 aliphatic rings. The second-order valence-electron chi connectivity index (χ2n) is 3.95. The van der Waals surface area contributed by atoms with Gasteiger partial charge in [-0.15, -0.1) is 0 Å². The van der Waals surface area contributed by atoms with Crippen molar-refractivity contribution < 1.29 is 18.0 Å². The Morgan fingerprint density at radius 3 is 2.53 bits per heavy atom. The van der Waals surface area contributed by atoms with Crippen LogP contribution in [0, 0.1) is 0 Å². The lowest BCUT2D eigenvalue weighted by Gasteiger charge is -2.16. The Labute approximate surface area is 117 Å². The van der Waals surface area contributed by atoms with Crippen LogP contribution in [0.2, 0.25) is 0 Å². The Bertz CT molecular complexity index is 463. The minimum absolute atomic E-state index is 0.0360. The Morgan fingerprint density at radius 2 is 2.05 bits per heavy atom. The molecule has 0 unspecified atom stereocenters. The molecule has 0 radical (unpaired) electrons. The molecular formula is C12H14BrF3N2O. The van der Waals surface area contributed by atoms with Gasteiger partial charge in [0.15, 0.2) is 0 Å². The molecule has 19 heavy (non-hydrogen) atoms. The van der Waals surface area contributed by atoms with Crippen molar-refractivity contribution in [3.8, 4) is 0 Å². The number of rotatable bonds is 4. The van der Waals surface area contributed by atoms with Crippen LogP contribution in [-0.2, 0) is 11.0 Å². The van der Waals surface area contributed by atoms with Crippen LogP contribution in [0.15, 0.2) is 22.7 Å².